The Morgan fingerprint density at radius 2 is 1.42 bits per heavy atom. The summed E-state index contributed by atoms with van der Waals surface area (Å²) < 4.78 is 0. The lowest BCUT2D eigenvalue weighted by Crippen LogP contribution is -2.40. The van der Waals surface area contributed by atoms with Gasteiger partial charge in [-0.3, -0.25) is 14.4 Å². The fourth-order valence-electron chi connectivity index (χ4n) is 1.84. The summed E-state index contributed by atoms with van der Waals surface area (Å²) in [7, 11) is 0. The summed E-state index contributed by atoms with van der Waals surface area (Å²) in [5, 5.41) is 17.5. The molecule has 1 aromatic rings. The summed E-state index contributed by atoms with van der Waals surface area (Å²) >= 11 is 0. The van der Waals surface area contributed by atoms with Crippen molar-refractivity contribution < 1.29 is 24.6 Å². The van der Waals surface area contributed by atoms with E-state index in [1.807, 2.05) is 0 Å². The molecule has 0 fully saturated rings. The molecule has 0 bridgehead atoms. The zero-order valence-corrected chi connectivity index (χ0v) is 10.7. The van der Waals surface area contributed by atoms with Crippen LogP contribution in [0.2, 0.25) is 0 Å². The van der Waals surface area contributed by atoms with E-state index in [4.69, 9.17) is 10.2 Å². The highest BCUT2D eigenvalue weighted by Gasteiger charge is 2.23. The maximum Gasteiger partial charge on any atom is 0.323 e. The molecule has 0 saturated carbocycles. The number of aryl methyl sites for hydroxylation is 2. The average Bonchev–Trinajstić information content (AvgIpc) is 2.26. The monoisotopic (exact) mass is 265 g/mol. The number of carbonyl (C=O) groups excluding carboxylic acids is 1. The molecule has 1 aromatic carbocycles. The Hall–Kier alpha value is -2.37. The molecule has 0 saturated heterocycles. The second-order valence-electron chi connectivity index (χ2n) is 4.22. The van der Waals surface area contributed by atoms with Gasteiger partial charge in [0.1, 0.15) is 13.1 Å². The molecule has 2 N–H and O–H groups in total. The van der Waals surface area contributed by atoms with Crippen LogP contribution >= 0.6 is 0 Å². The quantitative estimate of drug-likeness (QED) is 0.825. The lowest BCUT2D eigenvalue weighted by molar-refractivity contribution is -0.140. The molecule has 0 radical (unpaired) electrons. The van der Waals surface area contributed by atoms with Gasteiger partial charge in [-0.25, -0.2) is 0 Å². The third kappa shape index (κ3) is 3.80. The molecule has 0 unspecified atom stereocenters. The van der Waals surface area contributed by atoms with E-state index in [2.05, 4.69) is 0 Å². The summed E-state index contributed by atoms with van der Waals surface area (Å²) in [5.74, 6) is -3.08. The van der Waals surface area contributed by atoms with Crippen molar-refractivity contribution in [2.24, 2.45) is 0 Å². The number of benzene rings is 1. The van der Waals surface area contributed by atoms with Gasteiger partial charge >= 0.3 is 11.9 Å². The number of rotatable bonds is 5. The molecule has 1 rings (SSSR count). The number of aliphatic carboxylic acids is 2. The van der Waals surface area contributed by atoms with E-state index >= 15 is 0 Å². The van der Waals surface area contributed by atoms with E-state index < -0.39 is 30.9 Å². The SMILES string of the molecule is Cc1cccc(C)c1C(=O)N(CC(=O)O)CC(=O)O. The van der Waals surface area contributed by atoms with Crippen LogP contribution in [0.3, 0.4) is 0 Å². The molecule has 19 heavy (non-hydrogen) atoms. The number of hydrogen-bond donors (Lipinski definition) is 2. The van der Waals surface area contributed by atoms with Crippen molar-refractivity contribution in [2.75, 3.05) is 13.1 Å². The van der Waals surface area contributed by atoms with Crippen molar-refractivity contribution in [3.63, 3.8) is 0 Å². The lowest BCUT2D eigenvalue weighted by atomic mass is 10.0. The topological polar surface area (TPSA) is 94.9 Å². The number of nitrogens with zero attached hydrogens (tertiary/aromatic N) is 1. The molecule has 102 valence electrons. The normalized spacial score (nSPS) is 10.0. The zero-order chi connectivity index (χ0) is 14.6. The van der Waals surface area contributed by atoms with Gasteiger partial charge in [0.15, 0.2) is 0 Å². The van der Waals surface area contributed by atoms with Crippen molar-refractivity contribution in [1.29, 1.82) is 0 Å². The molecule has 0 aliphatic heterocycles. The first-order valence-corrected chi connectivity index (χ1v) is 5.62. The highest BCUT2D eigenvalue weighted by molar-refractivity contribution is 5.99. The van der Waals surface area contributed by atoms with Crippen LogP contribution in [0.5, 0.6) is 0 Å². The number of carbonyl (C=O) groups is 3. The molecule has 1 amide bonds. The van der Waals surface area contributed by atoms with Gasteiger partial charge in [-0.2, -0.15) is 0 Å². The van der Waals surface area contributed by atoms with Gasteiger partial charge in [-0.05, 0) is 25.0 Å². The fraction of sp³-hybridized carbons (Fsp3) is 0.308. The predicted octanol–water partition coefficient (Wildman–Crippen LogP) is 0.915. The van der Waals surface area contributed by atoms with Gasteiger partial charge in [0.05, 0.1) is 0 Å². The number of hydrogen-bond acceptors (Lipinski definition) is 3. The van der Waals surface area contributed by atoms with Crippen molar-refractivity contribution in [2.45, 2.75) is 13.8 Å². The van der Waals surface area contributed by atoms with E-state index in [-0.39, 0.29) is 0 Å². The van der Waals surface area contributed by atoms with Crippen LogP contribution in [0.4, 0.5) is 0 Å². The van der Waals surface area contributed by atoms with Gasteiger partial charge in [0.25, 0.3) is 5.91 Å². The zero-order valence-electron chi connectivity index (χ0n) is 10.7. The predicted molar refractivity (Wildman–Crippen MR) is 67.1 cm³/mol. The molecular formula is C13H15NO5. The number of amides is 1. The van der Waals surface area contributed by atoms with Crippen LogP contribution in [0.1, 0.15) is 21.5 Å². The maximum absolute atomic E-state index is 12.3. The lowest BCUT2D eigenvalue weighted by Gasteiger charge is -2.20. The molecular weight excluding hydrogens is 250 g/mol. The van der Waals surface area contributed by atoms with E-state index in [9.17, 15) is 14.4 Å². The van der Waals surface area contributed by atoms with Crippen molar-refractivity contribution in [1.82, 2.24) is 4.90 Å². The average molecular weight is 265 g/mol. The highest BCUT2D eigenvalue weighted by Crippen LogP contribution is 2.15. The standard InChI is InChI=1S/C13H15NO5/c1-8-4-3-5-9(2)12(8)13(19)14(6-10(15)16)7-11(17)18/h3-5H,6-7H2,1-2H3,(H,15,16)(H,17,18). The first-order chi connectivity index (χ1) is 8.82. The van der Waals surface area contributed by atoms with Crippen LogP contribution in [-0.2, 0) is 9.59 Å². The number of carboxylic acids is 2. The largest absolute Gasteiger partial charge is 0.480 e. The molecule has 6 nitrogen and oxygen atoms in total. The minimum atomic E-state index is -1.25. The van der Waals surface area contributed by atoms with Gasteiger partial charge in [0, 0.05) is 5.56 Å². The third-order valence-corrected chi connectivity index (χ3v) is 2.63. The summed E-state index contributed by atoms with van der Waals surface area (Å²) in [6.07, 6.45) is 0. The minimum Gasteiger partial charge on any atom is -0.480 e. The van der Waals surface area contributed by atoms with Crippen molar-refractivity contribution >= 4 is 17.8 Å². The maximum atomic E-state index is 12.3. The Morgan fingerprint density at radius 3 is 1.79 bits per heavy atom. The van der Waals surface area contributed by atoms with E-state index in [0.29, 0.717) is 16.7 Å². The summed E-state index contributed by atoms with van der Waals surface area (Å²) in [5.41, 5.74) is 1.72. The summed E-state index contributed by atoms with van der Waals surface area (Å²) in [6, 6.07) is 5.22. The summed E-state index contributed by atoms with van der Waals surface area (Å²) in [4.78, 5) is 34.5. The Kier molecular flexibility index (Phi) is 4.63. The van der Waals surface area contributed by atoms with Crippen molar-refractivity contribution in [3.8, 4) is 0 Å². The smallest absolute Gasteiger partial charge is 0.323 e. The molecule has 0 aromatic heterocycles. The van der Waals surface area contributed by atoms with Crippen LogP contribution in [0, 0.1) is 13.8 Å². The van der Waals surface area contributed by atoms with Gasteiger partial charge < -0.3 is 15.1 Å². The Balaban J connectivity index is 3.11. The summed E-state index contributed by atoms with van der Waals surface area (Å²) in [6.45, 7) is 2.16. The highest BCUT2D eigenvalue weighted by atomic mass is 16.4. The second kappa shape index (κ2) is 5.99. The first-order valence-electron chi connectivity index (χ1n) is 5.62. The molecule has 6 heteroatoms. The minimum absolute atomic E-state index is 0.352. The van der Waals surface area contributed by atoms with E-state index in [1.54, 1.807) is 32.0 Å². The van der Waals surface area contributed by atoms with Gasteiger partial charge in [-0.15, -0.1) is 0 Å². The van der Waals surface area contributed by atoms with Gasteiger partial charge in [0.2, 0.25) is 0 Å². The van der Waals surface area contributed by atoms with Crippen molar-refractivity contribution in [3.05, 3.63) is 34.9 Å². The van der Waals surface area contributed by atoms with Crippen LogP contribution in [-0.4, -0.2) is 46.0 Å². The Labute approximate surface area is 110 Å². The molecule has 0 atom stereocenters. The molecule has 0 heterocycles. The number of carboxylic acid groups (broad SMARTS) is 2. The molecule has 0 aliphatic carbocycles. The van der Waals surface area contributed by atoms with Gasteiger partial charge in [-0.1, -0.05) is 18.2 Å². The third-order valence-electron chi connectivity index (χ3n) is 2.63. The van der Waals surface area contributed by atoms with Crippen LogP contribution in [0.25, 0.3) is 0 Å². The van der Waals surface area contributed by atoms with Crippen LogP contribution in [0.15, 0.2) is 18.2 Å². The van der Waals surface area contributed by atoms with E-state index in [1.165, 1.54) is 0 Å². The molecule has 0 aliphatic rings. The first kappa shape index (κ1) is 14.7. The molecule has 0 spiro atoms. The van der Waals surface area contributed by atoms with E-state index in [0.717, 1.165) is 4.90 Å². The fourth-order valence-corrected chi connectivity index (χ4v) is 1.84. The second-order valence-corrected chi connectivity index (χ2v) is 4.22. The Bertz CT molecular complexity index is 488. The Morgan fingerprint density at radius 1 is 1.00 bits per heavy atom. The van der Waals surface area contributed by atoms with Crippen LogP contribution < -0.4 is 0 Å².